The van der Waals surface area contributed by atoms with Gasteiger partial charge in [0.05, 0.1) is 12.2 Å². The minimum absolute atomic E-state index is 0.0782. The summed E-state index contributed by atoms with van der Waals surface area (Å²) in [6.07, 6.45) is 0.737. The molecule has 0 saturated heterocycles. The summed E-state index contributed by atoms with van der Waals surface area (Å²) in [5, 5.41) is 6.12. The van der Waals surface area contributed by atoms with Crippen LogP contribution in [0.3, 0.4) is 0 Å². The van der Waals surface area contributed by atoms with Crippen molar-refractivity contribution in [2.24, 2.45) is 5.41 Å². The van der Waals surface area contributed by atoms with Gasteiger partial charge in [-0.15, -0.1) is 0 Å². The first-order chi connectivity index (χ1) is 10.2. The van der Waals surface area contributed by atoms with Crippen molar-refractivity contribution in [1.29, 1.82) is 0 Å². The summed E-state index contributed by atoms with van der Waals surface area (Å²) in [7, 11) is 0. The molecule has 122 valence electrons. The van der Waals surface area contributed by atoms with Crippen molar-refractivity contribution in [3.8, 4) is 0 Å². The van der Waals surface area contributed by atoms with Crippen LogP contribution in [-0.2, 0) is 17.8 Å². The maximum Gasteiger partial charge on any atom is 0.321 e. The Morgan fingerprint density at radius 3 is 2.59 bits per heavy atom. The maximum absolute atomic E-state index is 12.4. The van der Waals surface area contributed by atoms with Gasteiger partial charge in [-0.1, -0.05) is 32.1 Å². The molecule has 0 unspecified atom stereocenters. The summed E-state index contributed by atoms with van der Waals surface area (Å²) in [4.78, 5) is 31.5. The van der Waals surface area contributed by atoms with Crippen LogP contribution in [0.1, 0.15) is 45.2 Å². The molecular formula is C15H24N4O2S. The Morgan fingerprint density at radius 1 is 1.32 bits per heavy atom. The predicted octanol–water partition coefficient (Wildman–Crippen LogP) is 2.60. The monoisotopic (exact) mass is 324 g/mol. The number of carbonyl (C=O) groups excluding carboxylic acids is 2. The summed E-state index contributed by atoms with van der Waals surface area (Å²) in [5.41, 5.74) is 0.614. The average molecular weight is 324 g/mol. The lowest BCUT2D eigenvalue weighted by Gasteiger charge is -2.31. The second-order valence-corrected chi connectivity index (χ2v) is 7.95. The van der Waals surface area contributed by atoms with Gasteiger partial charge < -0.3 is 10.2 Å². The van der Waals surface area contributed by atoms with Crippen molar-refractivity contribution in [2.45, 2.75) is 53.6 Å². The molecule has 1 aliphatic rings. The summed E-state index contributed by atoms with van der Waals surface area (Å²) < 4.78 is 0. The van der Waals surface area contributed by atoms with Crippen molar-refractivity contribution in [3.05, 3.63) is 10.6 Å². The van der Waals surface area contributed by atoms with Crippen LogP contribution in [0.4, 0.5) is 9.93 Å². The number of nitrogens with one attached hydrogen (secondary N) is 2. The van der Waals surface area contributed by atoms with Crippen LogP contribution in [0.25, 0.3) is 0 Å². The number of nitrogens with zero attached hydrogens (tertiary/aromatic N) is 2. The molecule has 6 nitrogen and oxygen atoms in total. The minimum Gasteiger partial charge on any atom is -0.337 e. The van der Waals surface area contributed by atoms with E-state index in [9.17, 15) is 9.59 Å². The molecule has 0 bridgehead atoms. The van der Waals surface area contributed by atoms with Crippen LogP contribution in [0.2, 0.25) is 0 Å². The van der Waals surface area contributed by atoms with E-state index in [2.05, 4.69) is 15.6 Å². The molecule has 1 aromatic heterocycles. The molecular weight excluding hydrogens is 300 g/mol. The zero-order valence-electron chi connectivity index (χ0n) is 13.8. The lowest BCUT2D eigenvalue weighted by atomic mass is 9.94. The molecule has 0 saturated carbocycles. The Balaban J connectivity index is 2.04. The van der Waals surface area contributed by atoms with Crippen LogP contribution in [0.5, 0.6) is 0 Å². The molecule has 0 fully saturated rings. The van der Waals surface area contributed by atoms with Crippen LogP contribution >= 0.6 is 11.3 Å². The van der Waals surface area contributed by atoms with E-state index in [1.165, 1.54) is 11.3 Å². The topological polar surface area (TPSA) is 74.3 Å². The molecule has 0 spiro atoms. The summed E-state index contributed by atoms with van der Waals surface area (Å²) in [6, 6.07) is -0.168. The number of urea groups is 1. The third-order valence-corrected chi connectivity index (χ3v) is 4.30. The Hall–Kier alpha value is -1.63. The van der Waals surface area contributed by atoms with Gasteiger partial charge >= 0.3 is 6.03 Å². The third kappa shape index (κ3) is 3.97. The van der Waals surface area contributed by atoms with E-state index in [1.807, 2.05) is 39.5 Å². The van der Waals surface area contributed by atoms with E-state index >= 15 is 0 Å². The van der Waals surface area contributed by atoms with Crippen LogP contribution in [0, 0.1) is 5.41 Å². The number of hydrogen-bond acceptors (Lipinski definition) is 4. The molecule has 0 atom stereocenters. The third-order valence-electron chi connectivity index (χ3n) is 3.30. The molecule has 3 amide bonds. The molecule has 2 heterocycles. The fourth-order valence-electron chi connectivity index (χ4n) is 2.29. The Kier molecular flexibility index (Phi) is 4.75. The molecule has 0 radical (unpaired) electrons. The number of rotatable bonds is 2. The van der Waals surface area contributed by atoms with Crippen molar-refractivity contribution >= 4 is 28.4 Å². The minimum atomic E-state index is -0.375. The van der Waals surface area contributed by atoms with E-state index in [-0.39, 0.29) is 23.4 Å². The zero-order valence-corrected chi connectivity index (χ0v) is 14.6. The number of aromatic nitrogens is 1. The van der Waals surface area contributed by atoms with E-state index in [1.54, 1.807) is 0 Å². The molecule has 2 N–H and O–H groups in total. The fourth-order valence-corrected chi connectivity index (χ4v) is 3.31. The highest BCUT2D eigenvalue weighted by Crippen LogP contribution is 2.30. The van der Waals surface area contributed by atoms with Gasteiger partial charge in [-0.25, -0.2) is 9.78 Å². The van der Waals surface area contributed by atoms with Gasteiger partial charge in [0.25, 0.3) is 0 Å². The van der Waals surface area contributed by atoms with Gasteiger partial charge in [-0.2, -0.15) is 0 Å². The van der Waals surface area contributed by atoms with Crippen LogP contribution in [0.15, 0.2) is 0 Å². The van der Waals surface area contributed by atoms with Crippen LogP contribution in [-0.4, -0.2) is 34.4 Å². The standard InChI is InChI=1S/C15H24N4O2S/c1-9(2)16-13(21)18-14-17-10-6-7-19(8-11(10)22-14)12(20)15(3,4)5/h9H,6-8H2,1-5H3,(H2,16,17,18,21). The number of amides is 3. The zero-order chi connectivity index (χ0) is 16.5. The van der Waals surface area contributed by atoms with Crippen molar-refractivity contribution in [2.75, 3.05) is 11.9 Å². The Bertz CT molecular complexity index is 575. The van der Waals surface area contributed by atoms with Gasteiger partial charge in [-0.3, -0.25) is 10.1 Å². The molecule has 22 heavy (non-hydrogen) atoms. The number of thiazole rings is 1. The first kappa shape index (κ1) is 16.7. The highest BCUT2D eigenvalue weighted by atomic mass is 32.1. The SMILES string of the molecule is CC(C)NC(=O)Nc1nc2c(s1)CN(C(=O)C(C)(C)C)CC2. The van der Waals surface area contributed by atoms with Crippen molar-refractivity contribution in [1.82, 2.24) is 15.2 Å². The van der Waals surface area contributed by atoms with Gasteiger partial charge in [0, 0.05) is 29.3 Å². The molecule has 0 aliphatic carbocycles. The Morgan fingerprint density at radius 2 is 2.00 bits per heavy atom. The van der Waals surface area contributed by atoms with Gasteiger partial charge in [0.15, 0.2) is 5.13 Å². The van der Waals surface area contributed by atoms with Crippen molar-refractivity contribution in [3.63, 3.8) is 0 Å². The van der Waals surface area contributed by atoms with E-state index in [0.717, 1.165) is 17.0 Å². The van der Waals surface area contributed by atoms with Crippen LogP contribution < -0.4 is 10.6 Å². The fraction of sp³-hybridized carbons (Fsp3) is 0.667. The van der Waals surface area contributed by atoms with Gasteiger partial charge in [0.1, 0.15) is 0 Å². The molecule has 0 aromatic carbocycles. The molecule has 7 heteroatoms. The smallest absolute Gasteiger partial charge is 0.321 e. The number of hydrogen-bond donors (Lipinski definition) is 2. The quantitative estimate of drug-likeness (QED) is 0.878. The van der Waals surface area contributed by atoms with E-state index < -0.39 is 0 Å². The number of carbonyl (C=O) groups is 2. The van der Waals surface area contributed by atoms with Gasteiger partial charge in [0.2, 0.25) is 5.91 Å². The van der Waals surface area contributed by atoms with Gasteiger partial charge in [-0.05, 0) is 13.8 Å². The van der Waals surface area contributed by atoms with E-state index in [0.29, 0.717) is 18.2 Å². The van der Waals surface area contributed by atoms with Crippen molar-refractivity contribution < 1.29 is 9.59 Å². The second-order valence-electron chi connectivity index (χ2n) is 6.87. The molecule has 1 aliphatic heterocycles. The molecule has 2 rings (SSSR count). The summed E-state index contributed by atoms with van der Waals surface area (Å²) >= 11 is 1.45. The summed E-state index contributed by atoms with van der Waals surface area (Å²) in [6.45, 7) is 10.9. The highest BCUT2D eigenvalue weighted by molar-refractivity contribution is 7.15. The lowest BCUT2D eigenvalue weighted by Crippen LogP contribution is -2.42. The normalized spacial score (nSPS) is 14.7. The largest absolute Gasteiger partial charge is 0.337 e. The average Bonchev–Trinajstić information content (AvgIpc) is 2.76. The number of fused-ring (bicyclic) bond motifs is 1. The summed E-state index contributed by atoms with van der Waals surface area (Å²) in [5.74, 6) is 0.151. The highest BCUT2D eigenvalue weighted by Gasteiger charge is 2.31. The molecule has 1 aromatic rings. The van der Waals surface area contributed by atoms with E-state index in [4.69, 9.17) is 0 Å². The predicted molar refractivity (Wildman–Crippen MR) is 88.0 cm³/mol. The first-order valence-corrected chi connectivity index (χ1v) is 8.34. The maximum atomic E-state index is 12.4. The number of anilines is 1. The second kappa shape index (κ2) is 6.24. The lowest BCUT2D eigenvalue weighted by molar-refractivity contribution is -0.140. The first-order valence-electron chi connectivity index (χ1n) is 7.52. The Labute approximate surface area is 135 Å².